The minimum absolute atomic E-state index is 0.166. The number of aliphatic carboxylic acids is 1. The molecule has 0 aromatic heterocycles. The Bertz CT molecular complexity index is 357. The molecule has 2 aliphatic carbocycles. The fourth-order valence-corrected chi connectivity index (χ4v) is 3.70. The van der Waals surface area contributed by atoms with Crippen molar-refractivity contribution in [1.29, 1.82) is 5.26 Å². The lowest BCUT2D eigenvalue weighted by atomic mass is 9.64. The van der Waals surface area contributed by atoms with E-state index in [9.17, 15) is 15.2 Å². The van der Waals surface area contributed by atoms with E-state index < -0.39 is 17.3 Å². The molecule has 0 heterocycles. The summed E-state index contributed by atoms with van der Waals surface area (Å²) in [5.41, 5.74) is -0.441. The third-order valence-electron chi connectivity index (χ3n) is 4.47. The average molecular weight is 219 g/mol. The Kier molecular flexibility index (Phi) is 2.75. The molecular formula is C13H17NO2. The first kappa shape index (κ1) is 11.2. The Balaban J connectivity index is 2.38. The summed E-state index contributed by atoms with van der Waals surface area (Å²) in [6.07, 6.45) is 6.37. The number of rotatable bonds is 2. The number of hydrogen-bond donors (Lipinski definition) is 1. The van der Waals surface area contributed by atoms with Crippen molar-refractivity contribution >= 4 is 5.97 Å². The number of carbonyl (C=O) groups is 1. The van der Waals surface area contributed by atoms with Gasteiger partial charge in [0.15, 0.2) is 0 Å². The monoisotopic (exact) mass is 219 g/mol. The summed E-state index contributed by atoms with van der Waals surface area (Å²) in [6.45, 7) is 3.74. The molecule has 0 aliphatic heterocycles. The van der Waals surface area contributed by atoms with Crippen molar-refractivity contribution in [2.75, 3.05) is 0 Å². The van der Waals surface area contributed by atoms with E-state index in [-0.39, 0.29) is 11.8 Å². The van der Waals surface area contributed by atoms with Crippen LogP contribution in [-0.4, -0.2) is 11.1 Å². The Morgan fingerprint density at radius 1 is 1.56 bits per heavy atom. The Morgan fingerprint density at radius 3 is 2.88 bits per heavy atom. The van der Waals surface area contributed by atoms with Gasteiger partial charge >= 0.3 is 5.97 Å². The molecule has 0 spiro atoms. The molecule has 2 fully saturated rings. The first-order chi connectivity index (χ1) is 7.65. The summed E-state index contributed by atoms with van der Waals surface area (Å²) >= 11 is 0. The zero-order valence-corrected chi connectivity index (χ0v) is 9.35. The van der Waals surface area contributed by atoms with Crippen LogP contribution in [-0.2, 0) is 4.79 Å². The molecule has 3 heteroatoms. The third kappa shape index (κ3) is 1.36. The fraction of sp³-hybridized carbons (Fsp3) is 0.692. The highest BCUT2D eigenvalue weighted by Crippen LogP contribution is 2.58. The van der Waals surface area contributed by atoms with E-state index in [0.717, 1.165) is 25.7 Å². The van der Waals surface area contributed by atoms with Gasteiger partial charge in [0.05, 0.1) is 17.4 Å². The maximum absolute atomic E-state index is 11.2. The number of carboxylic acid groups (broad SMARTS) is 1. The van der Waals surface area contributed by atoms with Crippen molar-refractivity contribution in [3.63, 3.8) is 0 Å². The zero-order valence-electron chi connectivity index (χ0n) is 9.35. The van der Waals surface area contributed by atoms with E-state index in [4.69, 9.17) is 0 Å². The van der Waals surface area contributed by atoms with Gasteiger partial charge in [-0.15, -0.1) is 6.58 Å². The number of nitrogens with zero attached hydrogens (tertiary/aromatic N) is 1. The maximum Gasteiger partial charge on any atom is 0.307 e. The topological polar surface area (TPSA) is 61.1 Å². The van der Waals surface area contributed by atoms with E-state index in [2.05, 4.69) is 12.6 Å². The van der Waals surface area contributed by atoms with Crippen LogP contribution in [0.3, 0.4) is 0 Å². The van der Waals surface area contributed by atoms with Gasteiger partial charge in [-0.3, -0.25) is 4.79 Å². The second-order valence-electron chi connectivity index (χ2n) is 5.04. The minimum atomic E-state index is -0.770. The van der Waals surface area contributed by atoms with Crippen molar-refractivity contribution in [2.45, 2.75) is 32.1 Å². The normalized spacial score (nSPS) is 42.1. The van der Waals surface area contributed by atoms with E-state index in [1.54, 1.807) is 6.08 Å². The molecule has 0 saturated heterocycles. The summed E-state index contributed by atoms with van der Waals surface area (Å²) < 4.78 is 0. The molecule has 86 valence electrons. The van der Waals surface area contributed by atoms with Gasteiger partial charge in [-0.2, -0.15) is 5.26 Å². The standard InChI is InChI=1S/C13H17NO2/c1-2-11-10(12(15)16)7-9-5-3-4-6-13(9,11)8-14/h2,9-11H,1,3-7H2,(H,15,16)/t9-,10-,11-,13+/m1/s1. The van der Waals surface area contributed by atoms with Gasteiger partial charge in [-0.1, -0.05) is 18.9 Å². The van der Waals surface area contributed by atoms with Crippen LogP contribution >= 0.6 is 0 Å². The number of allylic oxidation sites excluding steroid dienone is 1. The van der Waals surface area contributed by atoms with Gasteiger partial charge in [0.2, 0.25) is 0 Å². The molecule has 16 heavy (non-hydrogen) atoms. The zero-order chi connectivity index (χ0) is 11.8. The van der Waals surface area contributed by atoms with Gasteiger partial charge in [0.1, 0.15) is 0 Å². The molecule has 2 rings (SSSR count). The number of hydrogen-bond acceptors (Lipinski definition) is 2. The summed E-state index contributed by atoms with van der Waals surface area (Å²) in [7, 11) is 0. The Hall–Kier alpha value is -1.30. The fourth-order valence-electron chi connectivity index (χ4n) is 3.70. The molecule has 0 aromatic rings. The predicted molar refractivity (Wildman–Crippen MR) is 59.4 cm³/mol. The van der Waals surface area contributed by atoms with Crippen molar-refractivity contribution in [2.24, 2.45) is 23.2 Å². The van der Waals surface area contributed by atoms with Crippen LogP contribution < -0.4 is 0 Å². The van der Waals surface area contributed by atoms with E-state index in [1.165, 1.54) is 0 Å². The van der Waals surface area contributed by atoms with Gasteiger partial charge in [0, 0.05) is 5.92 Å². The van der Waals surface area contributed by atoms with Gasteiger partial charge in [-0.05, 0) is 25.2 Å². The van der Waals surface area contributed by atoms with E-state index >= 15 is 0 Å². The summed E-state index contributed by atoms with van der Waals surface area (Å²) in [5, 5.41) is 18.7. The predicted octanol–water partition coefficient (Wildman–Crippen LogP) is 2.59. The molecular weight excluding hydrogens is 202 g/mol. The SMILES string of the molecule is C=C[C@@H]1[C@H](C(=O)O)C[C@H]2CCCC[C@]21C#N. The van der Waals surface area contributed by atoms with Crippen LogP contribution in [0.2, 0.25) is 0 Å². The van der Waals surface area contributed by atoms with Crippen molar-refractivity contribution < 1.29 is 9.90 Å². The lowest BCUT2D eigenvalue weighted by Gasteiger charge is -2.36. The summed E-state index contributed by atoms with van der Waals surface area (Å²) in [6, 6.07) is 2.43. The molecule has 0 amide bonds. The third-order valence-corrected chi connectivity index (χ3v) is 4.47. The number of fused-ring (bicyclic) bond motifs is 1. The van der Waals surface area contributed by atoms with E-state index in [0.29, 0.717) is 6.42 Å². The van der Waals surface area contributed by atoms with Crippen molar-refractivity contribution in [3.05, 3.63) is 12.7 Å². The number of nitriles is 1. The quantitative estimate of drug-likeness (QED) is 0.726. The Morgan fingerprint density at radius 2 is 2.31 bits per heavy atom. The molecule has 0 aromatic carbocycles. The number of carboxylic acids is 1. The Labute approximate surface area is 95.8 Å². The summed E-state index contributed by atoms with van der Waals surface area (Å²) in [4.78, 5) is 11.2. The first-order valence-corrected chi connectivity index (χ1v) is 5.92. The lowest BCUT2D eigenvalue weighted by Crippen LogP contribution is -2.34. The summed E-state index contributed by atoms with van der Waals surface area (Å²) in [5.74, 6) is -1.08. The highest BCUT2D eigenvalue weighted by atomic mass is 16.4. The molecule has 2 aliphatic rings. The molecule has 4 atom stereocenters. The average Bonchev–Trinajstić information content (AvgIpc) is 2.63. The molecule has 0 radical (unpaired) electrons. The molecule has 3 nitrogen and oxygen atoms in total. The van der Waals surface area contributed by atoms with Crippen molar-refractivity contribution in [3.8, 4) is 6.07 Å². The van der Waals surface area contributed by atoms with Gasteiger partial charge in [0.25, 0.3) is 0 Å². The molecule has 0 bridgehead atoms. The maximum atomic E-state index is 11.2. The van der Waals surface area contributed by atoms with E-state index in [1.807, 2.05) is 0 Å². The smallest absolute Gasteiger partial charge is 0.307 e. The van der Waals surface area contributed by atoms with Gasteiger partial charge in [-0.25, -0.2) is 0 Å². The lowest BCUT2D eigenvalue weighted by molar-refractivity contribution is -0.142. The minimum Gasteiger partial charge on any atom is -0.481 e. The van der Waals surface area contributed by atoms with Crippen LogP contribution in [0, 0.1) is 34.5 Å². The van der Waals surface area contributed by atoms with Crippen LogP contribution in [0.1, 0.15) is 32.1 Å². The van der Waals surface area contributed by atoms with Crippen LogP contribution in [0.5, 0.6) is 0 Å². The molecule has 1 N–H and O–H groups in total. The first-order valence-electron chi connectivity index (χ1n) is 5.92. The largest absolute Gasteiger partial charge is 0.481 e. The van der Waals surface area contributed by atoms with Crippen LogP contribution in [0.15, 0.2) is 12.7 Å². The highest BCUT2D eigenvalue weighted by Gasteiger charge is 2.56. The second-order valence-corrected chi connectivity index (χ2v) is 5.04. The van der Waals surface area contributed by atoms with Crippen LogP contribution in [0.4, 0.5) is 0 Å². The molecule has 2 saturated carbocycles. The van der Waals surface area contributed by atoms with Crippen molar-refractivity contribution in [1.82, 2.24) is 0 Å². The van der Waals surface area contributed by atoms with Crippen LogP contribution in [0.25, 0.3) is 0 Å². The molecule has 0 unspecified atom stereocenters. The second kappa shape index (κ2) is 3.93. The highest BCUT2D eigenvalue weighted by molar-refractivity contribution is 5.71. The van der Waals surface area contributed by atoms with Gasteiger partial charge < -0.3 is 5.11 Å².